The average Bonchev–Trinajstić information content (AvgIpc) is 2.70. The Morgan fingerprint density at radius 2 is 1.63 bits per heavy atom. The lowest BCUT2D eigenvalue weighted by molar-refractivity contribution is -0.885. The highest BCUT2D eigenvalue weighted by atomic mass is 16.5. The molecule has 0 aliphatic heterocycles. The van der Waals surface area contributed by atoms with Crippen molar-refractivity contribution in [3.8, 4) is 11.5 Å². The van der Waals surface area contributed by atoms with Gasteiger partial charge >= 0.3 is 0 Å². The lowest BCUT2D eigenvalue weighted by Gasteiger charge is -2.21. The minimum Gasteiger partial charge on any atom is -0.493 e. The first-order valence-electron chi connectivity index (χ1n) is 9.86. The number of benzene rings is 2. The fourth-order valence-corrected chi connectivity index (χ4v) is 3.13. The number of nitrogens with zero attached hydrogens (tertiary/aromatic N) is 1. The molecule has 2 aromatic carbocycles. The number of carbonyl (C=O) groups excluding carboxylic acids is 2. The van der Waals surface area contributed by atoms with Crippen molar-refractivity contribution in [2.24, 2.45) is 0 Å². The maximum absolute atomic E-state index is 12.6. The molecule has 1 unspecified atom stereocenters. The summed E-state index contributed by atoms with van der Waals surface area (Å²) in [7, 11) is 6.81. The lowest BCUT2D eigenvalue weighted by atomic mass is 10.1. The second kappa shape index (κ2) is 10.6. The van der Waals surface area contributed by atoms with Gasteiger partial charge in [0, 0.05) is 18.3 Å². The molecule has 1 atom stereocenters. The topological polar surface area (TPSA) is 72.3 Å². The third-order valence-electron chi connectivity index (χ3n) is 4.93. The van der Waals surface area contributed by atoms with Gasteiger partial charge in [-0.15, -0.1) is 0 Å². The fourth-order valence-electron chi connectivity index (χ4n) is 3.13. The first kappa shape index (κ1) is 23.2. The SMILES string of the molecule is COc1cc(C)c(C[NH+](C)CC(=O)N(C)CC(=O)Nc2ccc(C)cc2)cc1OC. The second-order valence-electron chi connectivity index (χ2n) is 7.61. The largest absolute Gasteiger partial charge is 0.493 e. The zero-order chi connectivity index (χ0) is 22.3. The predicted octanol–water partition coefficient (Wildman–Crippen LogP) is 1.43. The van der Waals surface area contributed by atoms with Gasteiger partial charge in [0.2, 0.25) is 5.91 Å². The Morgan fingerprint density at radius 3 is 2.23 bits per heavy atom. The first-order valence-corrected chi connectivity index (χ1v) is 9.86. The van der Waals surface area contributed by atoms with E-state index in [9.17, 15) is 9.59 Å². The molecule has 0 saturated carbocycles. The summed E-state index contributed by atoms with van der Waals surface area (Å²) in [6.07, 6.45) is 0. The Balaban J connectivity index is 1.90. The smallest absolute Gasteiger partial charge is 0.277 e. The number of rotatable bonds is 9. The summed E-state index contributed by atoms with van der Waals surface area (Å²) in [5.41, 5.74) is 4.00. The van der Waals surface area contributed by atoms with Crippen molar-refractivity contribution in [1.82, 2.24) is 4.90 Å². The number of hydrogen-bond donors (Lipinski definition) is 2. The van der Waals surface area contributed by atoms with E-state index in [0.717, 1.165) is 27.3 Å². The van der Waals surface area contributed by atoms with Crippen LogP contribution >= 0.6 is 0 Å². The number of hydrogen-bond acceptors (Lipinski definition) is 4. The number of methoxy groups -OCH3 is 2. The third kappa shape index (κ3) is 6.49. The van der Waals surface area contributed by atoms with Gasteiger partial charge in [0.15, 0.2) is 18.0 Å². The van der Waals surface area contributed by atoms with E-state index in [1.807, 2.05) is 57.3 Å². The van der Waals surface area contributed by atoms with Crippen molar-refractivity contribution in [1.29, 1.82) is 0 Å². The third-order valence-corrected chi connectivity index (χ3v) is 4.93. The molecule has 7 heteroatoms. The lowest BCUT2D eigenvalue weighted by Crippen LogP contribution is -3.08. The molecule has 2 N–H and O–H groups in total. The normalized spacial score (nSPS) is 11.5. The average molecular weight is 415 g/mol. The van der Waals surface area contributed by atoms with Gasteiger partial charge in [0.25, 0.3) is 5.91 Å². The molecule has 7 nitrogen and oxygen atoms in total. The number of likely N-dealkylation sites (N-methyl/N-ethyl adjacent to an activating group) is 2. The van der Waals surface area contributed by atoms with Crippen molar-refractivity contribution < 1.29 is 24.0 Å². The molecule has 0 aromatic heterocycles. The van der Waals surface area contributed by atoms with Crippen LogP contribution < -0.4 is 19.7 Å². The monoisotopic (exact) mass is 414 g/mol. The van der Waals surface area contributed by atoms with E-state index in [0.29, 0.717) is 18.0 Å². The molecular weight excluding hydrogens is 382 g/mol. The number of nitrogens with one attached hydrogen (secondary N) is 2. The number of ether oxygens (including phenoxy) is 2. The molecule has 0 bridgehead atoms. The van der Waals surface area contributed by atoms with E-state index in [1.165, 1.54) is 4.90 Å². The van der Waals surface area contributed by atoms with Crippen LogP contribution in [0.3, 0.4) is 0 Å². The minimum atomic E-state index is -0.219. The Morgan fingerprint density at radius 1 is 1.03 bits per heavy atom. The van der Waals surface area contributed by atoms with Gasteiger partial charge in [-0.3, -0.25) is 9.59 Å². The molecule has 162 valence electrons. The Kier molecular flexibility index (Phi) is 8.24. The molecule has 0 spiro atoms. The standard InChI is InChI=1S/C23H31N3O4/c1-16-7-9-19(10-8-16)24-22(27)14-26(4)23(28)15-25(3)13-18-12-21(30-6)20(29-5)11-17(18)2/h7-12H,13-15H2,1-6H3,(H,24,27)/p+1. The zero-order valence-corrected chi connectivity index (χ0v) is 18.7. The molecule has 0 aliphatic carbocycles. The summed E-state index contributed by atoms with van der Waals surface area (Å²) in [4.78, 5) is 27.3. The molecule has 0 radical (unpaired) electrons. The highest BCUT2D eigenvalue weighted by molar-refractivity contribution is 5.94. The zero-order valence-electron chi connectivity index (χ0n) is 18.7. The molecule has 0 aliphatic rings. The highest BCUT2D eigenvalue weighted by Gasteiger charge is 2.19. The van der Waals surface area contributed by atoms with Crippen LogP contribution in [0.2, 0.25) is 0 Å². The molecule has 0 saturated heterocycles. The van der Waals surface area contributed by atoms with Gasteiger partial charge in [0.05, 0.1) is 27.8 Å². The van der Waals surface area contributed by atoms with Crippen LogP contribution in [0.15, 0.2) is 36.4 Å². The Bertz CT molecular complexity index is 881. The fraction of sp³-hybridized carbons (Fsp3) is 0.391. The van der Waals surface area contributed by atoms with Gasteiger partial charge in [0.1, 0.15) is 6.54 Å². The van der Waals surface area contributed by atoms with E-state index in [-0.39, 0.29) is 24.9 Å². The van der Waals surface area contributed by atoms with Crippen LogP contribution in [0.4, 0.5) is 5.69 Å². The molecular formula is C23H32N3O4+. The number of anilines is 1. The highest BCUT2D eigenvalue weighted by Crippen LogP contribution is 2.29. The summed E-state index contributed by atoms with van der Waals surface area (Å²) in [5, 5.41) is 2.81. The summed E-state index contributed by atoms with van der Waals surface area (Å²) < 4.78 is 10.7. The Hall–Kier alpha value is -3.06. The number of amides is 2. The van der Waals surface area contributed by atoms with E-state index in [2.05, 4.69) is 5.32 Å². The number of carbonyl (C=O) groups is 2. The Labute approximate surface area is 178 Å². The van der Waals surface area contributed by atoms with E-state index < -0.39 is 0 Å². The van der Waals surface area contributed by atoms with Gasteiger partial charge in [-0.2, -0.15) is 0 Å². The molecule has 0 heterocycles. The predicted molar refractivity (Wildman–Crippen MR) is 117 cm³/mol. The molecule has 0 fully saturated rings. The molecule has 2 aromatic rings. The van der Waals surface area contributed by atoms with Gasteiger partial charge in [-0.25, -0.2) is 0 Å². The summed E-state index contributed by atoms with van der Waals surface area (Å²) in [6, 6.07) is 11.4. The van der Waals surface area contributed by atoms with Crippen molar-refractivity contribution in [3.05, 3.63) is 53.1 Å². The van der Waals surface area contributed by atoms with Crippen molar-refractivity contribution >= 4 is 17.5 Å². The van der Waals surface area contributed by atoms with Crippen LogP contribution in [0.5, 0.6) is 11.5 Å². The number of aryl methyl sites for hydroxylation is 2. The maximum Gasteiger partial charge on any atom is 0.277 e. The quantitative estimate of drug-likeness (QED) is 0.651. The molecule has 30 heavy (non-hydrogen) atoms. The summed E-state index contributed by atoms with van der Waals surface area (Å²) in [6.45, 7) is 4.94. The van der Waals surface area contributed by atoms with E-state index in [1.54, 1.807) is 21.3 Å². The van der Waals surface area contributed by atoms with E-state index >= 15 is 0 Å². The summed E-state index contributed by atoms with van der Waals surface area (Å²) >= 11 is 0. The maximum atomic E-state index is 12.6. The summed E-state index contributed by atoms with van der Waals surface area (Å²) in [5.74, 6) is 1.04. The van der Waals surface area contributed by atoms with Crippen molar-refractivity contribution in [3.63, 3.8) is 0 Å². The molecule has 2 rings (SSSR count). The van der Waals surface area contributed by atoms with Crippen LogP contribution in [0, 0.1) is 13.8 Å². The van der Waals surface area contributed by atoms with Gasteiger partial charge in [-0.1, -0.05) is 17.7 Å². The van der Waals surface area contributed by atoms with E-state index in [4.69, 9.17) is 9.47 Å². The minimum absolute atomic E-state index is 0.00930. The van der Waals surface area contributed by atoms with Gasteiger partial charge < -0.3 is 24.6 Å². The van der Waals surface area contributed by atoms with Crippen LogP contribution in [0.1, 0.15) is 16.7 Å². The van der Waals surface area contributed by atoms with Crippen molar-refractivity contribution in [2.75, 3.05) is 46.7 Å². The van der Waals surface area contributed by atoms with Crippen LogP contribution in [0.25, 0.3) is 0 Å². The first-order chi connectivity index (χ1) is 14.2. The molecule has 2 amide bonds. The van der Waals surface area contributed by atoms with Crippen LogP contribution in [-0.4, -0.2) is 58.1 Å². The van der Waals surface area contributed by atoms with Crippen molar-refractivity contribution in [2.45, 2.75) is 20.4 Å². The number of quaternary nitrogens is 1. The van der Waals surface area contributed by atoms with Crippen LogP contribution in [-0.2, 0) is 16.1 Å². The van der Waals surface area contributed by atoms with Gasteiger partial charge in [-0.05, 0) is 43.7 Å². The second-order valence-corrected chi connectivity index (χ2v) is 7.61.